The van der Waals surface area contributed by atoms with Crippen LogP contribution in [0.4, 0.5) is 20.7 Å². The second-order valence-corrected chi connectivity index (χ2v) is 3.91. The number of carbonyl (C=O) groups excluding carboxylic acids is 1. The third-order valence-electron chi connectivity index (χ3n) is 2.55. The van der Waals surface area contributed by atoms with Crippen LogP contribution in [-0.4, -0.2) is 26.0 Å². The Labute approximate surface area is 112 Å². The predicted molar refractivity (Wildman–Crippen MR) is 70.7 cm³/mol. The van der Waals surface area contributed by atoms with Crippen LogP contribution in [0, 0.1) is 5.82 Å². The van der Waals surface area contributed by atoms with Crippen molar-refractivity contribution in [3.8, 4) is 0 Å². The Morgan fingerprint density at radius 1 is 1.10 bits per heavy atom. The van der Waals surface area contributed by atoms with Crippen molar-refractivity contribution < 1.29 is 9.18 Å². The van der Waals surface area contributed by atoms with Gasteiger partial charge in [0, 0.05) is 5.69 Å². The molecular weight excluding hydrogens is 263 g/mol. The second kappa shape index (κ2) is 4.92. The minimum Gasteiger partial charge on any atom is -0.329 e. The molecule has 0 saturated heterocycles. The highest BCUT2D eigenvalue weighted by Gasteiger charge is 2.09. The molecule has 7 nitrogen and oxygen atoms in total. The molecule has 0 aliphatic heterocycles. The van der Waals surface area contributed by atoms with Crippen molar-refractivity contribution >= 4 is 28.7 Å². The standard InChI is InChI=1S/C12H9FN6O/c13-7-1-3-8(4-2-7)18-12(20)19-11-9-10(15-5-14-9)16-6-17-11/h1-6H,(H3,14,15,16,17,18,19,20). The summed E-state index contributed by atoms with van der Waals surface area (Å²) in [5, 5.41) is 5.12. The molecule has 100 valence electrons. The number of hydrogen-bond donors (Lipinski definition) is 3. The van der Waals surface area contributed by atoms with Crippen LogP contribution in [0.2, 0.25) is 0 Å². The molecule has 0 radical (unpaired) electrons. The number of H-pyrrole nitrogens is 1. The average Bonchev–Trinajstić information content (AvgIpc) is 2.91. The fourth-order valence-electron chi connectivity index (χ4n) is 1.66. The zero-order valence-electron chi connectivity index (χ0n) is 10.1. The summed E-state index contributed by atoms with van der Waals surface area (Å²) in [5.41, 5.74) is 1.45. The van der Waals surface area contributed by atoms with Gasteiger partial charge in [0.15, 0.2) is 17.0 Å². The van der Waals surface area contributed by atoms with Crippen molar-refractivity contribution in [3.05, 3.63) is 42.7 Å². The molecule has 0 bridgehead atoms. The summed E-state index contributed by atoms with van der Waals surface area (Å²) in [6.07, 6.45) is 2.77. The number of fused-ring (bicyclic) bond motifs is 1. The lowest BCUT2D eigenvalue weighted by molar-refractivity contribution is 0.262. The number of hydrogen-bond acceptors (Lipinski definition) is 4. The zero-order valence-corrected chi connectivity index (χ0v) is 10.1. The van der Waals surface area contributed by atoms with Gasteiger partial charge in [-0.15, -0.1) is 0 Å². The molecule has 0 aliphatic rings. The normalized spacial score (nSPS) is 10.4. The van der Waals surface area contributed by atoms with Crippen molar-refractivity contribution in [2.45, 2.75) is 0 Å². The maximum Gasteiger partial charge on any atom is 0.324 e. The number of halogens is 1. The fraction of sp³-hybridized carbons (Fsp3) is 0. The van der Waals surface area contributed by atoms with Gasteiger partial charge in [0.25, 0.3) is 0 Å². The Morgan fingerprint density at radius 2 is 1.90 bits per heavy atom. The molecule has 0 saturated carbocycles. The fourth-order valence-corrected chi connectivity index (χ4v) is 1.66. The van der Waals surface area contributed by atoms with Crippen LogP contribution in [0.3, 0.4) is 0 Å². The molecule has 0 atom stereocenters. The molecule has 1 aromatic carbocycles. The lowest BCUT2D eigenvalue weighted by Crippen LogP contribution is -2.20. The number of anilines is 2. The number of benzene rings is 1. The molecule has 2 heterocycles. The van der Waals surface area contributed by atoms with E-state index in [-0.39, 0.29) is 11.6 Å². The minimum atomic E-state index is -0.500. The van der Waals surface area contributed by atoms with E-state index in [1.165, 1.54) is 36.9 Å². The van der Waals surface area contributed by atoms with Gasteiger partial charge in [-0.05, 0) is 24.3 Å². The van der Waals surface area contributed by atoms with Gasteiger partial charge in [-0.25, -0.2) is 24.1 Å². The lowest BCUT2D eigenvalue weighted by atomic mass is 10.3. The lowest BCUT2D eigenvalue weighted by Gasteiger charge is -2.06. The van der Waals surface area contributed by atoms with Crippen LogP contribution in [0.25, 0.3) is 11.2 Å². The Bertz CT molecular complexity index is 754. The first-order chi connectivity index (χ1) is 9.72. The van der Waals surface area contributed by atoms with Gasteiger partial charge >= 0.3 is 6.03 Å². The number of urea groups is 1. The molecule has 0 unspecified atom stereocenters. The highest BCUT2D eigenvalue weighted by molar-refractivity contribution is 6.02. The van der Waals surface area contributed by atoms with Crippen LogP contribution >= 0.6 is 0 Å². The summed E-state index contributed by atoms with van der Waals surface area (Å²) in [7, 11) is 0. The third kappa shape index (κ3) is 2.39. The maximum absolute atomic E-state index is 12.8. The van der Waals surface area contributed by atoms with Crippen LogP contribution in [-0.2, 0) is 0 Å². The number of amides is 2. The number of imidazole rings is 1. The Balaban J connectivity index is 1.76. The molecule has 3 N–H and O–H groups in total. The monoisotopic (exact) mass is 272 g/mol. The van der Waals surface area contributed by atoms with E-state index in [2.05, 4.69) is 30.6 Å². The summed E-state index contributed by atoms with van der Waals surface area (Å²) in [4.78, 5) is 26.6. The SMILES string of the molecule is O=C(Nc1ccc(F)cc1)Nc1ncnc2[nH]cnc12. The van der Waals surface area contributed by atoms with Gasteiger partial charge in [0.2, 0.25) is 0 Å². The van der Waals surface area contributed by atoms with E-state index >= 15 is 0 Å². The molecule has 3 aromatic rings. The van der Waals surface area contributed by atoms with Crippen molar-refractivity contribution in [1.82, 2.24) is 19.9 Å². The topological polar surface area (TPSA) is 95.6 Å². The van der Waals surface area contributed by atoms with Crippen LogP contribution in [0.5, 0.6) is 0 Å². The summed E-state index contributed by atoms with van der Waals surface area (Å²) in [6, 6.07) is 4.93. The molecule has 0 aliphatic carbocycles. The third-order valence-corrected chi connectivity index (χ3v) is 2.55. The number of carbonyl (C=O) groups is 1. The van der Waals surface area contributed by atoms with E-state index < -0.39 is 6.03 Å². The molecule has 3 rings (SSSR count). The molecule has 20 heavy (non-hydrogen) atoms. The van der Waals surface area contributed by atoms with Crippen LogP contribution in [0.1, 0.15) is 0 Å². The highest BCUT2D eigenvalue weighted by atomic mass is 19.1. The number of aromatic amines is 1. The number of nitrogens with zero attached hydrogens (tertiary/aromatic N) is 3. The molecule has 0 fully saturated rings. The number of aromatic nitrogens is 4. The van der Waals surface area contributed by atoms with Crippen molar-refractivity contribution in [3.63, 3.8) is 0 Å². The summed E-state index contributed by atoms with van der Waals surface area (Å²) in [6.45, 7) is 0. The first-order valence-electron chi connectivity index (χ1n) is 5.70. The van der Waals surface area contributed by atoms with Crippen molar-refractivity contribution in [2.24, 2.45) is 0 Å². The van der Waals surface area contributed by atoms with Gasteiger partial charge in [-0.1, -0.05) is 0 Å². The first-order valence-corrected chi connectivity index (χ1v) is 5.70. The van der Waals surface area contributed by atoms with Gasteiger partial charge in [0.05, 0.1) is 6.33 Å². The van der Waals surface area contributed by atoms with E-state index in [4.69, 9.17) is 0 Å². The Morgan fingerprint density at radius 3 is 2.70 bits per heavy atom. The predicted octanol–water partition coefficient (Wildman–Crippen LogP) is 2.14. The summed E-state index contributed by atoms with van der Waals surface area (Å²) in [5.74, 6) is -0.0825. The van der Waals surface area contributed by atoms with Crippen molar-refractivity contribution in [1.29, 1.82) is 0 Å². The minimum absolute atomic E-state index is 0.288. The molecule has 2 aromatic heterocycles. The smallest absolute Gasteiger partial charge is 0.324 e. The van der Waals surface area contributed by atoms with Gasteiger partial charge < -0.3 is 10.3 Å². The number of nitrogens with one attached hydrogen (secondary N) is 3. The zero-order chi connectivity index (χ0) is 13.9. The average molecular weight is 272 g/mol. The quantitative estimate of drug-likeness (QED) is 0.666. The molecular formula is C12H9FN6O. The van der Waals surface area contributed by atoms with Crippen LogP contribution in [0.15, 0.2) is 36.9 Å². The summed E-state index contributed by atoms with van der Waals surface area (Å²) >= 11 is 0. The maximum atomic E-state index is 12.8. The Kier molecular flexibility index (Phi) is 2.96. The van der Waals surface area contributed by atoms with E-state index in [0.717, 1.165) is 0 Å². The van der Waals surface area contributed by atoms with Gasteiger partial charge in [-0.3, -0.25) is 5.32 Å². The molecule has 0 spiro atoms. The molecule has 8 heteroatoms. The molecule has 2 amide bonds. The highest BCUT2D eigenvalue weighted by Crippen LogP contribution is 2.15. The van der Waals surface area contributed by atoms with E-state index in [1.807, 2.05) is 0 Å². The largest absolute Gasteiger partial charge is 0.329 e. The summed E-state index contributed by atoms with van der Waals surface area (Å²) < 4.78 is 12.8. The second-order valence-electron chi connectivity index (χ2n) is 3.91. The Hall–Kier alpha value is -3.03. The van der Waals surface area contributed by atoms with Gasteiger partial charge in [0.1, 0.15) is 12.1 Å². The van der Waals surface area contributed by atoms with Crippen LogP contribution < -0.4 is 10.6 Å². The van der Waals surface area contributed by atoms with E-state index in [0.29, 0.717) is 16.9 Å². The van der Waals surface area contributed by atoms with Gasteiger partial charge in [-0.2, -0.15) is 0 Å². The van der Waals surface area contributed by atoms with E-state index in [9.17, 15) is 9.18 Å². The first kappa shape index (κ1) is 12.0. The van der Waals surface area contributed by atoms with Crippen molar-refractivity contribution in [2.75, 3.05) is 10.6 Å². The number of rotatable bonds is 2. The van der Waals surface area contributed by atoms with E-state index in [1.54, 1.807) is 0 Å².